The molecule has 6 heteroatoms. The van der Waals surface area contributed by atoms with E-state index in [1.54, 1.807) is 23.1 Å². The van der Waals surface area contributed by atoms with Gasteiger partial charge < -0.3 is 15.0 Å². The molecule has 0 unspecified atom stereocenters. The van der Waals surface area contributed by atoms with Gasteiger partial charge in [0.25, 0.3) is 11.8 Å². The predicted molar refractivity (Wildman–Crippen MR) is 133 cm³/mol. The number of hydrogen-bond donors (Lipinski definition) is 1. The van der Waals surface area contributed by atoms with Crippen LogP contribution in [0.5, 0.6) is 0 Å². The van der Waals surface area contributed by atoms with Crippen molar-refractivity contribution in [3.05, 3.63) is 95.6 Å². The van der Waals surface area contributed by atoms with Crippen LogP contribution in [-0.4, -0.2) is 48.0 Å². The van der Waals surface area contributed by atoms with Crippen LogP contribution < -0.4 is 5.32 Å². The topological polar surface area (TPSA) is 71.5 Å². The maximum absolute atomic E-state index is 13.5. The van der Waals surface area contributed by atoms with E-state index in [0.29, 0.717) is 43.1 Å². The number of ether oxygens (including phenoxy) is 1. The summed E-state index contributed by atoms with van der Waals surface area (Å²) in [7, 11) is 0. The minimum absolute atomic E-state index is 0.112. The molecular formula is C28H25N3O3. The van der Waals surface area contributed by atoms with E-state index >= 15 is 0 Å². The zero-order valence-corrected chi connectivity index (χ0v) is 19.0. The monoisotopic (exact) mass is 451 g/mol. The van der Waals surface area contributed by atoms with Crippen molar-refractivity contribution in [2.24, 2.45) is 0 Å². The van der Waals surface area contributed by atoms with Crippen LogP contribution in [-0.2, 0) is 4.74 Å². The number of fused-ring (bicyclic) bond motifs is 1. The Labute approximate surface area is 198 Å². The highest BCUT2D eigenvalue weighted by Gasteiger charge is 2.22. The number of nitrogens with one attached hydrogen (secondary N) is 1. The van der Waals surface area contributed by atoms with E-state index in [-0.39, 0.29) is 11.8 Å². The number of hydrogen-bond acceptors (Lipinski definition) is 4. The molecule has 34 heavy (non-hydrogen) atoms. The lowest BCUT2D eigenvalue weighted by Gasteiger charge is -2.27. The van der Waals surface area contributed by atoms with Gasteiger partial charge in [-0.3, -0.25) is 9.59 Å². The zero-order valence-electron chi connectivity index (χ0n) is 19.0. The summed E-state index contributed by atoms with van der Waals surface area (Å²) in [6.07, 6.45) is 0. The average molecular weight is 452 g/mol. The summed E-state index contributed by atoms with van der Waals surface area (Å²) in [6, 6.07) is 24.6. The first-order chi connectivity index (χ1) is 16.6. The zero-order chi connectivity index (χ0) is 23.5. The number of rotatable bonds is 4. The first-order valence-corrected chi connectivity index (χ1v) is 11.3. The van der Waals surface area contributed by atoms with Gasteiger partial charge in [0.2, 0.25) is 0 Å². The molecule has 1 saturated heterocycles. The molecule has 0 spiro atoms. The van der Waals surface area contributed by atoms with Crippen molar-refractivity contribution in [1.82, 2.24) is 9.88 Å². The maximum atomic E-state index is 13.5. The van der Waals surface area contributed by atoms with Gasteiger partial charge in [0, 0.05) is 24.0 Å². The molecule has 0 radical (unpaired) electrons. The average Bonchev–Trinajstić information content (AvgIpc) is 2.89. The molecule has 0 atom stereocenters. The molecule has 1 aromatic heterocycles. The molecule has 2 amide bonds. The van der Waals surface area contributed by atoms with Gasteiger partial charge in [0.15, 0.2) is 0 Å². The highest BCUT2D eigenvalue weighted by atomic mass is 16.5. The Hall–Kier alpha value is -4.03. The molecule has 3 aromatic carbocycles. The largest absolute Gasteiger partial charge is 0.378 e. The summed E-state index contributed by atoms with van der Waals surface area (Å²) in [5.41, 5.74) is 5.02. The third-order valence-electron chi connectivity index (χ3n) is 6.01. The number of pyridine rings is 1. The van der Waals surface area contributed by atoms with E-state index < -0.39 is 0 Å². The quantitative estimate of drug-likeness (QED) is 0.477. The fourth-order valence-electron chi connectivity index (χ4n) is 4.14. The molecule has 0 bridgehead atoms. The number of anilines is 1. The van der Waals surface area contributed by atoms with Crippen molar-refractivity contribution in [2.45, 2.75) is 6.92 Å². The minimum Gasteiger partial charge on any atom is -0.378 e. The van der Waals surface area contributed by atoms with Crippen molar-refractivity contribution in [1.29, 1.82) is 0 Å². The fourth-order valence-corrected chi connectivity index (χ4v) is 4.14. The van der Waals surface area contributed by atoms with Gasteiger partial charge in [-0.25, -0.2) is 4.98 Å². The van der Waals surface area contributed by atoms with Gasteiger partial charge >= 0.3 is 0 Å². The van der Waals surface area contributed by atoms with E-state index in [1.807, 2.05) is 67.6 Å². The highest BCUT2D eigenvalue weighted by molar-refractivity contribution is 6.15. The molecular weight excluding hydrogens is 426 g/mol. The Bertz CT molecular complexity index is 1360. The predicted octanol–water partition coefficient (Wildman–Crippen LogP) is 4.93. The van der Waals surface area contributed by atoms with Crippen LogP contribution >= 0.6 is 0 Å². The lowest BCUT2D eigenvalue weighted by molar-refractivity contribution is 0.0303. The lowest BCUT2D eigenvalue weighted by Crippen LogP contribution is -2.41. The number of para-hydroxylation sites is 2. The molecule has 0 saturated carbocycles. The number of aryl methyl sites for hydroxylation is 1. The van der Waals surface area contributed by atoms with Gasteiger partial charge in [-0.1, -0.05) is 60.2 Å². The van der Waals surface area contributed by atoms with Crippen molar-refractivity contribution in [2.75, 3.05) is 31.6 Å². The Morgan fingerprint density at radius 2 is 1.59 bits per heavy atom. The van der Waals surface area contributed by atoms with Crippen LogP contribution in [0.1, 0.15) is 26.3 Å². The first kappa shape index (κ1) is 21.8. The molecule has 170 valence electrons. The molecule has 1 fully saturated rings. The van der Waals surface area contributed by atoms with E-state index in [1.165, 1.54) is 0 Å². The molecule has 6 nitrogen and oxygen atoms in total. The summed E-state index contributed by atoms with van der Waals surface area (Å²) in [4.78, 5) is 33.2. The summed E-state index contributed by atoms with van der Waals surface area (Å²) < 4.78 is 5.36. The first-order valence-electron chi connectivity index (χ1n) is 11.3. The van der Waals surface area contributed by atoms with Crippen LogP contribution in [0.15, 0.2) is 78.9 Å². The van der Waals surface area contributed by atoms with Crippen molar-refractivity contribution < 1.29 is 14.3 Å². The molecule has 5 rings (SSSR count). The van der Waals surface area contributed by atoms with E-state index in [4.69, 9.17) is 9.72 Å². The minimum atomic E-state index is -0.283. The number of carbonyl (C=O) groups is 2. The van der Waals surface area contributed by atoms with Crippen molar-refractivity contribution in [3.8, 4) is 11.3 Å². The van der Waals surface area contributed by atoms with Crippen LogP contribution in [0.3, 0.4) is 0 Å². The van der Waals surface area contributed by atoms with Gasteiger partial charge in [-0.15, -0.1) is 0 Å². The Kier molecular flexibility index (Phi) is 6.06. The number of nitrogens with zero attached hydrogens (tertiary/aromatic N) is 2. The second-order valence-electron chi connectivity index (χ2n) is 8.34. The van der Waals surface area contributed by atoms with Gasteiger partial charge in [0.05, 0.1) is 41.2 Å². The van der Waals surface area contributed by atoms with Gasteiger partial charge in [-0.2, -0.15) is 0 Å². The Morgan fingerprint density at radius 1 is 0.882 bits per heavy atom. The normalized spacial score (nSPS) is 13.6. The smallest absolute Gasteiger partial charge is 0.256 e. The molecule has 4 aromatic rings. The lowest BCUT2D eigenvalue weighted by atomic mass is 10.0. The van der Waals surface area contributed by atoms with Gasteiger partial charge in [0.1, 0.15) is 0 Å². The van der Waals surface area contributed by atoms with Crippen LogP contribution in [0.2, 0.25) is 0 Å². The third kappa shape index (κ3) is 4.40. The number of carbonyl (C=O) groups excluding carboxylic acids is 2. The molecule has 1 aliphatic rings. The molecule has 1 aliphatic heterocycles. The molecule has 0 aliphatic carbocycles. The van der Waals surface area contributed by atoms with E-state index in [9.17, 15) is 9.59 Å². The van der Waals surface area contributed by atoms with Crippen LogP contribution in [0.25, 0.3) is 22.2 Å². The maximum Gasteiger partial charge on any atom is 0.256 e. The number of morpholine rings is 1. The molecule has 2 heterocycles. The summed E-state index contributed by atoms with van der Waals surface area (Å²) in [5, 5.41) is 3.74. The third-order valence-corrected chi connectivity index (χ3v) is 6.01. The highest BCUT2D eigenvalue weighted by Crippen LogP contribution is 2.27. The second-order valence-corrected chi connectivity index (χ2v) is 8.34. The Morgan fingerprint density at radius 3 is 2.38 bits per heavy atom. The van der Waals surface area contributed by atoms with Gasteiger partial charge in [-0.05, 0) is 31.2 Å². The fraction of sp³-hybridized carbons (Fsp3) is 0.179. The van der Waals surface area contributed by atoms with E-state index in [2.05, 4.69) is 5.32 Å². The summed E-state index contributed by atoms with van der Waals surface area (Å²) >= 11 is 0. The number of amides is 2. The Balaban J connectivity index is 1.51. The van der Waals surface area contributed by atoms with Crippen molar-refractivity contribution >= 4 is 28.4 Å². The SMILES string of the molecule is Cc1ccc(-c2cc(C(=O)Nc3ccccc3C(=O)N3CCOCC3)c3ccccc3n2)cc1. The second kappa shape index (κ2) is 9.45. The van der Waals surface area contributed by atoms with Crippen molar-refractivity contribution in [3.63, 3.8) is 0 Å². The van der Waals surface area contributed by atoms with Crippen LogP contribution in [0.4, 0.5) is 5.69 Å². The summed E-state index contributed by atoms with van der Waals surface area (Å²) in [6.45, 7) is 4.15. The number of benzene rings is 3. The van der Waals surface area contributed by atoms with E-state index in [0.717, 1.165) is 27.7 Å². The molecule has 1 N–H and O–H groups in total. The standard InChI is InChI=1S/C28H25N3O3/c1-19-10-12-20(13-11-19)26-18-23(21-6-2-4-8-24(21)29-26)27(32)30-25-9-5-3-7-22(25)28(33)31-14-16-34-17-15-31/h2-13,18H,14-17H2,1H3,(H,30,32). The number of aromatic nitrogens is 1. The summed E-state index contributed by atoms with van der Waals surface area (Å²) in [5.74, 6) is -0.395. The van der Waals surface area contributed by atoms with Crippen LogP contribution in [0, 0.1) is 6.92 Å².